The van der Waals surface area contributed by atoms with Crippen LogP contribution in [0.2, 0.25) is 0 Å². The highest BCUT2D eigenvalue weighted by atomic mass is 79.9. The average molecular weight is 212 g/mol. The number of hydrogen-bond acceptors (Lipinski definition) is 1. The van der Waals surface area contributed by atoms with Crippen molar-refractivity contribution in [3.8, 4) is 0 Å². The third-order valence-electron chi connectivity index (χ3n) is 2.24. The lowest BCUT2D eigenvalue weighted by Crippen LogP contribution is -2.05. The van der Waals surface area contributed by atoms with E-state index < -0.39 is 0 Å². The largest absolute Gasteiger partial charge is 0.324 e. The molecule has 1 nitrogen and oxygen atoms in total. The molecule has 1 atom stereocenters. The SMILES string of the molecule is NC1CCc2cccc(Br)c21. The Balaban J connectivity index is 2.58. The molecular formula is C9H10BrN. The molecule has 1 aliphatic rings. The van der Waals surface area contributed by atoms with Crippen LogP contribution in [-0.4, -0.2) is 0 Å². The van der Waals surface area contributed by atoms with Gasteiger partial charge in [0, 0.05) is 10.5 Å². The topological polar surface area (TPSA) is 26.0 Å². The van der Waals surface area contributed by atoms with Gasteiger partial charge in [0.15, 0.2) is 0 Å². The fourth-order valence-corrected chi connectivity index (χ4v) is 2.37. The molecule has 0 spiro atoms. The van der Waals surface area contributed by atoms with Crippen LogP contribution in [0.25, 0.3) is 0 Å². The molecule has 0 heterocycles. The minimum atomic E-state index is 0.251. The summed E-state index contributed by atoms with van der Waals surface area (Å²) in [5.74, 6) is 0. The second-order valence-electron chi connectivity index (χ2n) is 2.96. The van der Waals surface area contributed by atoms with Crippen molar-refractivity contribution < 1.29 is 0 Å². The van der Waals surface area contributed by atoms with Crippen molar-refractivity contribution in [2.75, 3.05) is 0 Å². The Kier molecular flexibility index (Phi) is 1.74. The molecule has 2 heteroatoms. The third-order valence-corrected chi connectivity index (χ3v) is 2.93. The third kappa shape index (κ3) is 1.10. The summed E-state index contributed by atoms with van der Waals surface area (Å²) in [5, 5.41) is 0. The van der Waals surface area contributed by atoms with E-state index in [1.807, 2.05) is 0 Å². The second kappa shape index (κ2) is 2.61. The molecule has 0 saturated heterocycles. The van der Waals surface area contributed by atoms with Crippen molar-refractivity contribution in [3.05, 3.63) is 33.8 Å². The Labute approximate surface area is 74.7 Å². The monoisotopic (exact) mass is 211 g/mol. The lowest BCUT2D eigenvalue weighted by Gasteiger charge is -2.06. The van der Waals surface area contributed by atoms with Crippen LogP contribution in [0.1, 0.15) is 23.6 Å². The highest BCUT2D eigenvalue weighted by Gasteiger charge is 2.20. The summed E-state index contributed by atoms with van der Waals surface area (Å²) in [6.07, 6.45) is 2.23. The van der Waals surface area contributed by atoms with E-state index in [2.05, 4.69) is 34.1 Å². The number of halogens is 1. The zero-order chi connectivity index (χ0) is 7.84. The molecule has 0 aliphatic heterocycles. The zero-order valence-corrected chi connectivity index (χ0v) is 7.76. The van der Waals surface area contributed by atoms with E-state index in [9.17, 15) is 0 Å². The highest BCUT2D eigenvalue weighted by Crippen LogP contribution is 2.34. The molecule has 1 unspecified atom stereocenters. The summed E-state index contributed by atoms with van der Waals surface area (Å²) in [4.78, 5) is 0. The van der Waals surface area contributed by atoms with E-state index >= 15 is 0 Å². The van der Waals surface area contributed by atoms with Gasteiger partial charge >= 0.3 is 0 Å². The summed E-state index contributed by atoms with van der Waals surface area (Å²) in [6, 6.07) is 6.54. The van der Waals surface area contributed by atoms with Crippen molar-refractivity contribution >= 4 is 15.9 Å². The van der Waals surface area contributed by atoms with Gasteiger partial charge in [-0.15, -0.1) is 0 Å². The van der Waals surface area contributed by atoms with Crippen LogP contribution in [0.3, 0.4) is 0 Å². The van der Waals surface area contributed by atoms with Crippen molar-refractivity contribution in [2.24, 2.45) is 5.73 Å². The first kappa shape index (κ1) is 7.32. The van der Waals surface area contributed by atoms with E-state index in [1.54, 1.807) is 0 Å². The summed E-state index contributed by atoms with van der Waals surface area (Å²) in [6.45, 7) is 0. The predicted molar refractivity (Wildman–Crippen MR) is 49.4 cm³/mol. The van der Waals surface area contributed by atoms with Gasteiger partial charge in [-0.1, -0.05) is 28.1 Å². The number of aryl methyl sites for hydroxylation is 1. The Morgan fingerprint density at radius 3 is 3.00 bits per heavy atom. The van der Waals surface area contributed by atoms with Gasteiger partial charge in [0.05, 0.1) is 0 Å². The molecule has 0 bridgehead atoms. The van der Waals surface area contributed by atoms with E-state index in [1.165, 1.54) is 15.6 Å². The van der Waals surface area contributed by atoms with Gasteiger partial charge in [0.1, 0.15) is 0 Å². The molecule has 1 aromatic rings. The summed E-state index contributed by atoms with van der Waals surface area (Å²) in [5.41, 5.74) is 8.64. The molecular weight excluding hydrogens is 202 g/mol. The van der Waals surface area contributed by atoms with E-state index in [0.717, 1.165) is 12.8 Å². The quantitative estimate of drug-likeness (QED) is 0.702. The summed E-state index contributed by atoms with van der Waals surface area (Å²) in [7, 11) is 0. The Morgan fingerprint density at radius 1 is 1.45 bits per heavy atom. The smallest absolute Gasteiger partial charge is 0.0312 e. The number of fused-ring (bicyclic) bond motifs is 1. The standard InChI is InChI=1S/C9H10BrN/c10-7-3-1-2-6-4-5-8(11)9(6)7/h1-3,8H,4-5,11H2. The maximum Gasteiger partial charge on any atom is 0.0312 e. The first-order valence-corrected chi connectivity index (χ1v) is 4.61. The second-order valence-corrected chi connectivity index (χ2v) is 3.81. The van der Waals surface area contributed by atoms with Gasteiger partial charge in [-0.05, 0) is 30.0 Å². The number of nitrogens with two attached hydrogens (primary N) is 1. The van der Waals surface area contributed by atoms with Crippen molar-refractivity contribution in [1.29, 1.82) is 0 Å². The fraction of sp³-hybridized carbons (Fsp3) is 0.333. The van der Waals surface area contributed by atoms with Crippen molar-refractivity contribution in [3.63, 3.8) is 0 Å². The lowest BCUT2D eigenvalue weighted by molar-refractivity contribution is 0.711. The predicted octanol–water partition coefficient (Wildman–Crippen LogP) is 2.40. The van der Waals surface area contributed by atoms with E-state index in [0.29, 0.717) is 0 Å². The minimum absolute atomic E-state index is 0.251. The fourth-order valence-electron chi connectivity index (χ4n) is 1.67. The van der Waals surface area contributed by atoms with Crippen LogP contribution in [0, 0.1) is 0 Å². The van der Waals surface area contributed by atoms with Gasteiger partial charge in [-0.3, -0.25) is 0 Å². The lowest BCUT2D eigenvalue weighted by atomic mass is 10.1. The van der Waals surface area contributed by atoms with E-state index in [-0.39, 0.29) is 6.04 Å². The molecule has 1 aliphatic carbocycles. The number of hydrogen-bond donors (Lipinski definition) is 1. The molecule has 0 amide bonds. The molecule has 0 radical (unpaired) electrons. The molecule has 2 rings (SSSR count). The van der Waals surface area contributed by atoms with Crippen LogP contribution < -0.4 is 5.73 Å². The maximum atomic E-state index is 5.92. The first-order valence-electron chi connectivity index (χ1n) is 3.82. The minimum Gasteiger partial charge on any atom is -0.324 e. The molecule has 1 aromatic carbocycles. The van der Waals surface area contributed by atoms with Crippen molar-refractivity contribution in [1.82, 2.24) is 0 Å². The van der Waals surface area contributed by atoms with Gasteiger partial charge in [0.2, 0.25) is 0 Å². The molecule has 0 aromatic heterocycles. The summed E-state index contributed by atoms with van der Waals surface area (Å²) >= 11 is 3.51. The Morgan fingerprint density at radius 2 is 2.27 bits per heavy atom. The maximum absolute atomic E-state index is 5.92. The first-order chi connectivity index (χ1) is 5.29. The highest BCUT2D eigenvalue weighted by molar-refractivity contribution is 9.10. The molecule has 0 fully saturated rings. The van der Waals surface area contributed by atoms with Crippen molar-refractivity contribution in [2.45, 2.75) is 18.9 Å². The molecule has 58 valence electrons. The zero-order valence-electron chi connectivity index (χ0n) is 6.18. The van der Waals surface area contributed by atoms with Crippen LogP contribution in [0.4, 0.5) is 0 Å². The normalized spacial score (nSPS) is 21.8. The van der Waals surface area contributed by atoms with E-state index in [4.69, 9.17) is 5.73 Å². The average Bonchev–Trinajstić information content (AvgIpc) is 2.34. The van der Waals surface area contributed by atoms with Gasteiger partial charge < -0.3 is 5.73 Å². The Bertz CT molecular complexity index is 283. The Hall–Kier alpha value is -0.340. The number of rotatable bonds is 0. The summed E-state index contributed by atoms with van der Waals surface area (Å²) < 4.78 is 1.17. The van der Waals surface area contributed by atoms with Crippen LogP contribution in [-0.2, 0) is 6.42 Å². The van der Waals surface area contributed by atoms with Crippen LogP contribution >= 0.6 is 15.9 Å². The molecule has 11 heavy (non-hydrogen) atoms. The van der Waals surface area contributed by atoms with Crippen LogP contribution in [0.15, 0.2) is 22.7 Å². The molecule has 0 saturated carbocycles. The number of benzene rings is 1. The van der Waals surface area contributed by atoms with Gasteiger partial charge in [-0.25, -0.2) is 0 Å². The van der Waals surface area contributed by atoms with Crippen LogP contribution in [0.5, 0.6) is 0 Å². The van der Waals surface area contributed by atoms with Gasteiger partial charge in [-0.2, -0.15) is 0 Å². The molecule has 2 N–H and O–H groups in total. The van der Waals surface area contributed by atoms with Gasteiger partial charge in [0.25, 0.3) is 0 Å².